The van der Waals surface area contributed by atoms with E-state index in [1.54, 1.807) is 30.3 Å². The monoisotopic (exact) mass is 382 g/mol. The number of rotatable bonds is 7. The fourth-order valence-corrected chi connectivity index (χ4v) is 3.21. The van der Waals surface area contributed by atoms with E-state index in [1.807, 2.05) is 6.92 Å². The van der Waals surface area contributed by atoms with Crippen LogP contribution in [0.2, 0.25) is 0 Å². The quantitative estimate of drug-likeness (QED) is 0.736. The third kappa shape index (κ3) is 3.74. The average Bonchev–Trinajstić information content (AvgIpc) is 2.66. The molecule has 0 saturated carbocycles. The summed E-state index contributed by atoms with van der Waals surface area (Å²) in [6, 6.07) is 8.40. The van der Waals surface area contributed by atoms with Gasteiger partial charge in [-0.3, -0.25) is 24.6 Å². The Morgan fingerprint density at radius 3 is 2.46 bits per heavy atom. The molecule has 28 heavy (non-hydrogen) atoms. The highest BCUT2D eigenvalue weighted by Gasteiger charge is 2.32. The molecular weight excluding hydrogens is 360 g/mol. The maximum Gasteiger partial charge on any atom is 0.411 e. The Labute approximate surface area is 162 Å². The van der Waals surface area contributed by atoms with Crippen LogP contribution in [0.25, 0.3) is 10.8 Å². The highest BCUT2D eigenvalue weighted by molar-refractivity contribution is 6.27. The summed E-state index contributed by atoms with van der Waals surface area (Å²) in [7, 11) is 0. The van der Waals surface area contributed by atoms with E-state index in [9.17, 15) is 19.2 Å². The molecule has 3 amide bonds. The number of ketones is 1. The summed E-state index contributed by atoms with van der Waals surface area (Å²) in [4.78, 5) is 49.9. The molecule has 0 radical (unpaired) electrons. The number of carbonyl (C=O) groups excluding carboxylic acids is 4. The Morgan fingerprint density at radius 1 is 1.07 bits per heavy atom. The first-order valence-corrected chi connectivity index (χ1v) is 9.29. The van der Waals surface area contributed by atoms with E-state index >= 15 is 0 Å². The van der Waals surface area contributed by atoms with Crippen LogP contribution in [0.5, 0.6) is 0 Å². The molecule has 0 aromatic heterocycles. The molecule has 0 aliphatic carbocycles. The van der Waals surface area contributed by atoms with Crippen LogP contribution >= 0.6 is 0 Å². The second-order valence-corrected chi connectivity index (χ2v) is 6.72. The Bertz CT molecular complexity index is 944. The predicted molar refractivity (Wildman–Crippen MR) is 104 cm³/mol. The molecule has 146 valence electrons. The van der Waals surface area contributed by atoms with Gasteiger partial charge in [0.1, 0.15) is 12.4 Å². The normalized spacial score (nSPS) is 13.0. The van der Waals surface area contributed by atoms with Gasteiger partial charge in [-0.05, 0) is 31.5 Å². The van der Waals surface area contributed by atoms with Crippen molar-refractivity contribution in [3.63, 3.8) is 0 Å². The van der Waals surface area contributed by atoms with Crippen LogP contribution < -0.4 is 5.32 Å². The summed E-state index contributed by atoms with van der Waals surface area (Å²) in [5.41, 5.74) is 1.32. The van der Waals surface area contributed by atoms with Crippen LogP contribution in [0, 0.1) is 0 Å². The van der Waals surface area contributed by atoms with Gasteiger partial charge in [0.15, 0.2) is 0 Å². The van der Waals surface area contributed by atoms with E-state index in [0.717, 1.165) is 12.8 Å². The van der Waals surface area contributed by atoms with Crippen LogP contribution in [0.4, 0.5) is 10.5 Å². The number of Topliss-reactive ketones (excluding diaryl/α,β-unsaturated/α-hetero) is 1. The average molecular weight is 382 g/mol. The number of nitrogens with zero attached hydrogens (tertiary/aromatic N) is 1. The zero-order valence-corrected chi connectivity index (χ0v) is 15.9. The van der Waals surface area contributed by atoms with Gasteiger partial charge in [-0.2, -0.15) is 0 Å². The van der Waals surface area contributed by atoms with Crippen molar-refractivity contribution in [2.75, 3.05) is 18.5 Å². The zero-order chi connectivity index (χ0) is 20.3. The molecule has 1 aliphatic heterocycles. The van der Waals surface area contributed by atoms with E-state index in [1.165, 1.54) is 11.8 Å². The molecule has 2 aromatic rings. The van der Waals surface area contributed by atoms with Crippen LogP contribution in [-0.2, 0) is 9.53 Å². The number of benzene rings is 2. The first-order valence-electron chi connectivity index (χ1n) is 9.29. The smallest absolute Gasteiger partial charge is 0.411 e. The van der Waals surface area contributed by atoms with Crippen molar-refractivity contribution in [3.8, 4) is 0 Å². The fourth-order valence-electron chi connectivity index (χ4n) is 3.21. The maximum atomic E-state index is 12.8. The van der Waals surface area contributed by atoms with E-state index in [2.05, 4.69) is 5.32 Å². The Morgan fingerprint density at radius 2 is 1.79 bits per heavy atom. The molecular formula is C21H22N2O5. The van der Waals surface area contributed by atoms with Gasteiger partial charge in [0.25, 0.3) is 11.8 Å². The van der Waals surface area contributed by atoms with Crippen molar-refractivity contribution in [2.24, 2.45) is 0 Å². The van der Waals surface area contributed by atoms with Gasteiger partial charge in [-0.15, -0.1) is 0 Å². The molecule has 3 rings (SSSR count). The van der Waals surface area contributed by atoms with Gasteiger partial charge < -0.3 is 4.74 Å². The standard InChI is InChI=1S/C21H22N2O5/c1-3-4-11-23-19(25)15-7-5-6-14-17(9-8-16(18(14)15)20(23)26)22-21(27)28-12-10-13(2)24/h5-9H,3-4,10-12H2,1-2H3,(H,22,27). The zero-order valence-electron chi connectivity index (χ0n) is 15.9. The summed E-state index contributed by atoms with van der Waals surface area (Å²) in [5.74, 6) is -0.713. The van der Waals surface area contributed by atoms with Crippen LogP contribution in [-0.4, -0.2) is 41.7 Å². The minimum atomic E-state index is -0.694. The highest BCUT2D eigenvalue weighted by Crippen LogP contribution is 2.34. The lowest BCUT2D eigenvalue weighted by Crippen LogP contribution is -2.40. The number of imide groups is 1. The topological polar surface area (TPSA) is 92.8 Å². The molecule has 7 heteroatoms. The van der Waals surface area contributed by atoms with Gasteiger partial charge in [0.05, 0.1) is 5.69 Å². The molecule has 1 N–H and O–H groups in total. The number of hydrogen-bond donors (Lipinski definition) is 1. The van der Waals surface area contributed by atoms with E-state index in [-0.39, 0.29) is 30.6 Å². The minimum Gasteiger partial charge on any atom is -0.449 e. The summed E-state index contributed by atoms with van der Waals surface area (Å²) in [5, 5.41) is 3.75. The third-order valence-corrected chi connectivity index (χ3v) is 4.65. The lowest BCUT2D eigenvalue weighted by molar-refractivity contribution is -0.117. The van der Waals surface area contributed by atoms with Gasteiger partial charge >= 0.3 is 6.09 Å². The lowest BCUT2D eigenvalue weighted by atomic mass is 9.93. The van der Waals surface area contributed by atoms with E-state index < -0.39 is 6.09 Å². The molecule has 0 bridgehead atoms. The van der Waals surface area contributed by atoms with Crippen LogP contribution in [0.15, 0.2) is 30.3 Å². The number of amides is 3. The van der Waals surface area contributed by atoms with Gasteiger partial charge in [-0.25, -0.2) is 4.79 Å². The minimum absolute atomic E-state index is 0.00814. The molecule has 0 unspecified atom stereocenters. The molecule has 2 aromatic carbocycles. The largest absolute Gasteiger partial charge is 0.449 e. The molecule has 0 fully saturated rings. The molecule has 1 aliphatic rings. The predicted octanol–water partition coefficient (Wildman–Crippen LogP) is 3.76. The lowest BCUT2D eigenvalue weighted by Gasteiger charge is -2.27. The Kier molecular flexibility index (Phi) is 5.73. The van der Waals surface area contributed by atoms with Crippen LogP contribution in [0.1, 0.15) is 53.8 Å². The first-order chi connectivity index (χ1) is 13.4. The highest BCUT2D eigenvalue weighted by atomic mass is 16.5. The molecule has 7 nitrogen and oxygen atoms in total. The van der Waals surface area contributed by atoms with E-state index in [4.69, 9.17) is 4.74 Å². The summed E-state index contributed by atoms with van der Waals surface area (Å²) in [6.45, 7) is 3.80. The van der Waals surface area contributed by atoms with Gasteiger partial charge in [0.2, 0.25) is 0 Å². The SMILES string of the molecule is CCCCN1C(=O)c2cccc3c(NC(=O)OCCC(C)=O)ccc(c23)C1=O. The first kappa shape index (κ1) is 19.5. The molecule has 1 heterocycles. The molecule has 0 atom stereocenters. The number of unbranched alkanes of at least 4 members (excludes halogenated alkanes) is 1. The van der Waals surface area contributed by atoms with Crippen LogP contribution in [0.3, 0.4) is 0 Å². The maximum absolute atomic E-state index is 12.8. The second-order valence-electron chi connectivity index (χ2n) is 6.72. The number of carbonyl (C=O) groups is 4. The summed E-state index contributed by atoms with van der Waals surface area (Å²) < 4.78 is 5.00. The van der Waals surface area contributed by atoms with Gasteiger partial charge in [0, 0.05) is 34.9 Å². The summed E-state index contributed by atoms with van der Waals surface area (Å²) >= 11 is 0. The molecule has 0 saturated heterocycles. The third-order valence-electron chi connectivity index (χ3n) is 4.65. The Balaban J connectivity index is 1.92. The van der Waals surface area contributed by atoms with Crippen molar-refractivity contribution in [3.05, 3.63) is 41.5 Å². The van der Waals surface area contributed by atoms with Crippen molar-refractivity contribution in [1.29, 1.82) is 0 Å². The molecule has 0 spiro atoms. The Hall–Kier alpha value is -3.22. The van der Waals surface area contributed by atoms with Crippen molar-refractivity contribution >= 4 is 40.2 Å². The number of nitrogens with one attached hydrogen (secondary N) is 1. The van der Waals surface area contributed by atoms with Crippen molar-refractivity contribution in [1.82, 2.24) is 4.90 Å². The number of hydrogen-bond acceptors (Lipinski definition) is 5. The van der Waals surface area contributed by atoms with Crippen molar-refractivity contribution < 1.29 is 23.9 Å². The second kappa shape index (κ2) is 8.21. The van der Waals surface area contributed by atoms with Crippen molar-refractivity contribution in [2.45, 2.75) is 33.1 Å². The van der Waals surface area contributed by atoms with Gasteiger partial charge in [-0.1, -0.05) is 25.5 Å². The fraction of sp³-hybridized carbons (Fsp3) is 0.333. The number of ether oxygens (including phenoxy) is 1. The van der Waals surface area contributed by atoms with E-state index in [0.29, 0.717) is 34.1 Å². The number of anilines is 1. The summed E-state index contributed by atoms with van der Waals surface area (Å²) in [6.07, 6.45) is 1.07.